The van der Waals surface area contributed by atoms with Crippen LogP contribution in [-0.4, -0.2) is 25.3 Å². The highest BCUT2D eigenvalue weighted by Crippen LogP contribution is 2.38. The molecule has 1 N–H and O–H groups in total. The van der Waals surface area contributed by atoms with E-state index < -0.39 is 0 Å². The van der Waals surface area contributed by atoms with E-state index in [4.69, 9.17) is 4.74 Å². The molecular weight excluding hydrogens is 174 g/mol. The van der Waals surface area contributed by atoms with Gasteiger partial charge in [-0.1, -0.05) is 20.3 Å². The largest absolute Gasteiger partial charge is 0.375 e. The normalized spacial score (nSPS) is 37.7. The molecule has 2 heterocycles. The molecule has 0 amide bonds. The van der Waals surface area contributed by atoms with Crippen LogP contribution in [0.15, 0.2) is 0 Å². The van der Waals surface area contributed by atoms with Gasteiger partial charge in [0.05, 0.1) is 12.2 Å². The summed E-state index contributed by atoms with van der Waals surface area (Å²) in [5.41, 5.74) is 0. The molecule has 0 radical (unpaired) electrons. The summed E-state index contributed by atoms with van der Waals surface area (Å²) >= 11 is 0. The molecule has 0 aromatic carbocycles. The Labute approximate surface area is 87.4 Å². The topological polar surface area (TPSA) is 21.3 Å². The van der Waals surface area contributed by atoms with Crippen molar-refractivity contribution in [1.29, 1.82) is 0 Å². The van der Waals surface area contributed by atoms with Crippen molar-refractivity contribution in [3.05, 3.63) is 0 Å². The summed E-state index contributed by atoms with van der Waals surface area (Å²) < 4.78 is 5.83. The van der Waals surface area contributed by atoms with Crippen LogP contribution in [0.2, 0.25) is 0 Å². The maximum atomic E-state index is 5.83. The molecule has 2 aliphatic rings. The quantitative estimate of drug-likeness (QED) is 0.729. The number of rotatable bonds is 5. The molecular formula is C12H23NO. The molecule has 82 valence electrons. The van der Waals surface area contributed by atoms with Gasteiger partial charge in [-0.2, -0.15) is 0 Å². The highest BCUT2D eigenvalue weighted by atomic mass is 16.5. The van der Waals surface area contributed by atoms with Gasteiger partial charge in [0.2, 0.25) is 0 Å². The molecule has 0 aromatic rings. The van der Waals surface area contributed by atoms with E-state index in [0.717, 1.165) is 11.8 Å². The lowest BCUT2D eigenvalue weighted by Crippen LogP contribution is -2.31. The van der Waals surface area contributed by atoms with Crippen molar-refractivity contribution in [2.24, 2.45) is 11.8 Å². The second-order valence-corrected chi connectivity index (χ2v) is 5.04. The SMILES string of the molecule is CCC(C)CNCC1CC2CCC1O2. The van der Waals surface area contributed by atoms with Gasteiger partial charge in [-0.05, 0) is 31.7 Å². The fourth-order valence-corrected chi connectivity index (χ4v) is 2.62. The first-order valence-corrected chi connectivity index (χ1v) is 6.15. The van der Waals surface area contributed by atoms with Crippen LogP contribution in [-0.2, 0) is 4.74 Å². The highest BCUT2D eigenvalue weighted by Gasteiger charge is 2.40. The molecule has 2 nitrogen and oxygen atoms in total. The maximum absolute atomic E-state index is 5.83. The molecule has 2 saturated heterocycles. The minimum atomic E-state index is 0.587. The van der Waals surface area contributed by atoms with E-state index in [1.807, 2.05) is 0 Å². The lowest BCUT2D eigenvalue weighted by molar-refractivity contribution is 0.0923. The Morgan fingerprint density at radius 3 is 2.86 bits per heavy atom. The second kappa shape index (κ2) is 4.63. The third-order valence-electron chi connectivity index (χ3n) is 3.83. The Bertz CT molecular complexity index is 183. The van der Waals surface area contributed by atoms with Crippen LogP contribution in [0, 0.1) is 11.8 Å². The molecule has 0 aromatic heterocycles. The van der Waals surface area contributed by atoms with Crippen molar-refractivity contribution >= 4 is 0 Å². The molecule has 0 aliphatic carbocycles. The van der Waals surface area contributed by atoms with Gasteiger partial charge < -0.3 is 10.1 Å². The zero-order chi connectivity index (χ0) is 9.97. The molecule has 14 heavy (non-hydrogen) atoms. The summed E-state index contributed by atoms with van der Waals surface area (Å²) in [4.78, 5) is 0. The van der Waals surface area contributed by atoms with Gasteiger partial charge in [0.1, 0.15) is 0 Å². The highest BCUT2D eigenvalue weighted by molar-refractivity contribution is 4.90. The lowest BCUT2D eigenvalue weighted by Gasteiger charge is -2.20. The Hall–Kier alpha value is -0.0800. The number of hydrogen-bond acceptors (Lipinski definition) is 2. The summed E-state index contributed by atoms with van der Waals surface area (Å²) in [5.74, 6) is 1.62. The lowest BCUT2D eigenvalue weighted by atomic mass is 9.89. The summed E-state index contributed by atoms with van der Waals surface area (Å²) in [6.07, 6.45) is 6.39. The van der Waals surface area contributed by atoms with E-state index in [1.165, 1.54) is 38.8 Å². The van der Waals surface area contributed by atoms with E-state index in [1.54, 1.807) is 0 Å². The Morgan fingerprint density at radius 2 is 2.29 bits per heavy atom. The van der Waals surface area contributed by atoms with Gasteiger partial charge >= 0.3 is 0 Å². The van der Waals surface area contributed by atoms with Crippen LogP contribution in [0.5, 0.6) is 0 Å². The zero-order valence-corrected chi connectivity index (χ0v) is 9.46. The fraction of sp³-hybridized carbons (Fsp3) is 1.00. The molecule has 4 atom stereocenters. The van der Waals surface area contributed by atoms with Crippen LogP contribution in [0.1, 0.15) is 39.5 Å². The van der Waals surface area contributed by atoms with E-state index >= 15 is 0 Å². The third-order valence-corrected chi connectivity index (χ3v) is 3.83. The van der Waals surface area contributed by atoms with Crippen molar-refractivity contribution in [1.82, 2.24) is 5.32 Å². The number of hydrogen-bond donors (Lipinski definition) is 1. The molecule has 2 fully saturated rings. The Balaban J connectivity index is 1.62. The van der Waals surface area contributed by atoms with Crippen molar-refractivity contribution in [2.75, 3.05) is 13.1 Å². The molecule has 2 bridgehead atoms. The minimum Gasteiger partial charge on any atom is -0.375 e. The van der Waals surface area contributed by atoms with Crippen LogP contribution in [0.4, 0.5) is 0 Å². The molecule has 4 unspecified atom stereocenters. The van der Waals surface area contributed by atoms with Crippen molar-refractivity contribution in [3.63, 3.8) is 0 Å². The molecule has 2 heteroatoms. The van der Waals surface area contributed by atoms with Crippen LogP contribution in [0.3, 0.4) is 0 Å². The van der Waals surface area contributed by atoms with Gasteiger partial charge in [-0.25, -0.2) is 0 Å². The summed E-state index contributed by atoms with van der Waals surface area (Å²) in [6, 6.07) is 0. The average Bonchev–Trinajstić information content (AvgIpc) is 2.79. The molecule has 0 spiro atoms. The first kappa shape index (κ1) is 10.4. The van der Waals surface area contributed by atoms with Gasteiger partial charge in [-0.15, -0.1) is 0 Å². The van der Waals surface area contributed by atoms with Crippen molar-refractivity contribution < 1.29 is 4.74 Å². The van der Waals surface area contributed by atoms with Gasteiger partial charge in [-0.3, -0.25) is 0 Å². The molecule has 0 saturated carbocycles. The number of nitrogens with one attached hydrogen (secondary N) is 1. The van der Waals surface area contributed by atoms with E-state index in [2.05, 4.69) is 19.2 Å². The van der Waals surface area contributed by atoms with Gasteiger partial charge in [0.25, 0.3) is 0 Å². The summed E-state index contributed by atoms with van der Waals surface area (Å²) in [6.45, 7) is 6.91. The van der Waals surface area contributed by atoms with Gasteiger partial charge in [0.15, 0.2) is 0 Å². The first-order valence-electron chi connectivity index (χ1n) is 6.15. The second-order valence-electron chi connectivity index (χ2n) is 5.04. The molecule has 2 aliphatic heterocycles. The Kier molecular flexibility index (Phi) is 3.45. The zero-order valence-electron chi connectivity index (χ0n) is 9.46. The number of ether oxygens (including phenoxy) is 1. The van der Waals surface area contributed by atoms with E-state index in [0.29, 0.717) is 12.2 Å². The van der Waals surface area contributed by atoms with Crippen LogP contribution < -0.4 is 5.32 Å². The summed E-state index contributed by atoms with van der Waals surface area (Å²) in [5, 5.41) is 3.58. The first-order chi connectivity index (χ1) is 6.79. The van der Waals surface area contributed by atoms with E-state index in [9.17, 15) is 0 Å². The van der Waals surface area contributed by atoms with Gasteiger partial charge in [0, 0.05) is 12.5 Å². The van der Waals surface area contributed by atoms with Crippen LogP contribution >= 0.6 is 0 Å². The molecule has 2 rings (SSSR count). The standard InChI is InChI=1S/C12H23NO/c1-3-9(2)7-13-8-10-6-11-4-5-12(10)14-11/h9-13H,3-8H2,1-2H3. The van der Waals surface area contributed by atoms with Crippen LogP contribution in [0.25, 0.3) is 0 Å². The maximum Gasteiger partial charge on any atom is 0.0621 e. The predicted molar refractivity (Wildman–Crippen MR) is 58.3 cm³/mol. The minimum absolute atomic E-state index is 0.587. The predicted octanol–water partition coefficient (Wildman–Crippen LogP) is 2.19. The van der Waals surface area contributed by atoms with Crippen molar-refractivity contribution in [2.45, 2.75) is 51.7 Å². The monoisotopic (exact) mass is 197 g/mol. The Morgan fingerprint density at radius 1 is 1.43 bits per heavy atom. The number of fused-ring (bicyclic) bond motifs is 2. The average molecular weight is 197 g/mol. The summed E-state index contributed by atoms with van der Waals surface area (Å²) in [7, 11) is 0. The fourth-order valence-electron chi connectivity index (χ4n) is 2.62. The van der Waals surface area contributed by atoms with Crippen molar-refractivity contribution in [3.8, 4) is 0 Å². The third kappa shape index (κ3) is 2.29. The van der Waals surface area contributed by atoms with E-state index in [-0.39, 0.29) is 0 Å². The smallest absolute Gasteiger partial charge is 0.0621 e.